The van der Waals surface area contributed by atoms with E-state index in [0.717, 1.165) is 6.42 Å². The lowest BCUT2D eigenvalue weighted by Gasteiger charge is -2.29. The van der Waals surface area contributed by atoms with E-state index in [-0.39, 0.29) is 12.0 Å². The number of nitrogen functional groups attached to an aromatic ring is 1. The minimum atomic E-state index is -0.588. The van der Waals surface area contributed by atoms with Crippen molar-refractivity contribution in [3.05, 3.63) is 0 Å². The second-order valence-electron chi connectivity index (χ2n) is 4.78. The van der Waals surface area contributed by atoms with Crippen LogP contribution in [0.2, 0.25) is 0 Å². The van der Waals surface area contributed by atoms with Crippen LogP contribution in [0, 0.1) is 0 Å². The van der Waals surface area contributed by atoms with E-state index >= 15 is 0 Å². The Bertz CT molecular complexity index is 410. The van der Waals surface area contributed by atoms with Gasteiger partial charge < -0.3 is 15.2 Å². The van der Waals surface area contributed by atoms with Crippen molar-refractivity contribution in [2.45, 2.75) is 45.8 Å². The molecule has 1 heterocycles. The lowest BCUT2D eigenvalue weighted by atomic mass is 9.99. The van der Waals surface area contributed by atoms with E-state index in [9.17, 15) is 5.11 Å². The van der Waals surface area contributed by atoms with Gasteiger partial charge >= 0.3 is 6.01 Å². The molecule has 0 saturated carbocycles. The van der Waals surface area contributed by atoms with Crippen LogP contribution in [0.15, 0.2) is 0 Å². The van der Waals surface area contributed by atoms with Crippen LogP contribution in [0.5, 0.6) is 6.01 Å². The molecule has 0 fully saturated rings. The van der Waals surface area contributed by atoms with Gasteiger partial charge in [-0.25, -0.2) is 5.84 Å². The van der Waals surface area contributed by atoms with E-state index in [2.05, 4.69) is 25.7 Å². The monoisotopic (exact) mass is 270 g/mol. The first kappa shape index (κ1) is 15.4. The number of rotatable bonds is 7. The van der Waals surface area contributed by atoms with Crippen LogP contribution >= 0.6 is 0 Å². The van der Waals surface area contributed by atoms with Crippen molar-refractivity contribution in [2.75, 3.05) is 17.3 Å². The van der Waals surface area contributed by atoms with Gasteiger partial charge in [-0.1, -0.05) is 6.92 Å². The number of nitrogens with one attached hydrogen (secondary N) is 2. The summed E-state index contributed by atoms with van der Waals surface area (Å²) in [7, 11) is 0. The number of nitrogens with two attached hydrogens (primary N) is 1. The Morgan fingerprint density at radius 2 is 1.95 bits per heavy atom. The van der Waals surface area contributed by atoms with Gasteiger partial charge in [-0.05, 0) is 27.2 Å². The van der Waals surface area contributed by atoms with Crippen LogP contribution < -0.4 is 21.3 Å². The highest BCUT2D eigenvalue weighted by molar-refractivity contribution is 5.37. The van der Waals surface area contributed by atoms with Gasteiger partial charge in [0.2, 0.25) is 11.9 Å². The molecule has 8 nitrogen and oxygen atoms in total. The summed E-state index contributed by atoms with van der Waals surface area (Å²) in [5.74, 6) is 5.80. The molecule has 1 atom stereocenters. The molecule has 0 bridgehead atoms. The summed E-state index contributed by atoms with van der Waals surface area (Å²) < 4.78 is 5.35. The molecule has 0 radical (unpaired) electrons. The summed E-state index contributed by atoms with van der Waals surface area (Å²) in [4.78, 5) is 12.2. The molecule has 1 unspecified atom stereocenters. The van der Waals surface area contributed by atoms with Gasteiger partial charge in [0.05, 0.1) is 18.2 Å². The third kappa shape index (κ3) is 4.49. The average Bonchev–Trinajstić information content (AvgIpc) is 2.35. The Hall–Kier alpha value is -1.67. The average molecular weight is 270 g/mol. The number of hydrogen-bond acceptors (Lipinski definition) is 8. The van der Waals surface area contributed by atoms with Gasteiger partial charge in [0.15, 0.2) is 0 Å². The predicted octanol–water partition coefficient (Wildman–Crippen LogP) is 0.517. The van der Waals surface area contributed by atoms with Crippen molar-refractivity contribution in [3.8, 4) is 6.01 Å². The van der Waals surface area contributed by atoms with Gasteiger partial charge in [0.1, 0.15) is 0 Å². The fraction of sp³-hybridized carbons (Fsp3) is 0.727. The van der Waals surface area contributed by atoms with E-state index in [1.807, 2.05) is 20.8 Å². The SMILES string of the molecule is CCCOc1nc(NN)nc(NC(C)(C)C(C)O)n1. The molecule has 1 rings (SSSR count). The maximum Gasteiger partial charge on any atom is 0.323 e. The molecule has 19 heavy (non-hydrogen) atoms. The molecular formula is C11H22N6O2. The summed E-state index contributed by atoms with van der Waals surface area (Å²) in [5, 5.41) is 12.7. The highest BCUT2D eigenvalue weighted by Crippen LogP contribution is 2.18. The van der Waals surface area contributed by atoms with E-state index in [1.54, 1.807) is 6.92 Å². The number of anilines is 2. The molecule has 8 heteroatoms. The van der Waals surface area contributed by atoms with Crippen molar-refractivity contribution in [1.82, 2.24) is 15.0 Å². The summed E-state index contributed by atoms with van der Waals surface area (Å²) in [6, 6.07) is 0.189. The molecule has 0 spiro atoms. The summed E-state index contributed by atoms with van der Waals surface area (Å²) >= 11 is 0. The molecule has 0 aliphatic heterocycles. The van der Waals surface area contributed by atoms with Crippen molar-refractivity contribution < 1.29 is 9.84 Å². The van der Waals surface area contributed by atoms with E-state index in [0.29, 0.717) is 12.6 Å². The van der Waals surface area contributed by atoms with Gasteiger partial charge in [-0.2, -0.15) is 15.0 Å². The van der Waals surface area contributed by atoms with Gasteiger partial charge in [-0.15, -0.1) is 0 Å². The highest BCUT2D eigenvalue weighted by atomic mass is 16.5. The third-order valence-electron chi connectivity index (χ3n) is 2.66. The molecule has 0 aliphatic carbocycles. The van der Waals surface area contributed by atoms with Crippen molar-refractivity contribution in [2.24, 2.45) is 5.84 Å². The Morgan fingerprint density at radius 1 is 1.32 bits per heavy atom. The lowest BCUT2D eigenvalue weighted by Crippen LogP contribution is -2.42. The first-order chi connectivity index (χ1) is 8.89. The number of nitrogens with zero attached hydrogens (tertiary/aromatic N) is 3. The Labute approximate surface area is 112 Å². The first-order valence-electron chi connectivity index (χ1n) is 6.20. The Balaban J connectivity index is 2.93. The van der Waals surface area contributed by atoms with Gasteiger partial charge in [0, 0.05) is 0 Å². The Morgan fingerprint density at radius 3 is 2.47 bits per heavy atom. The third-order valence-corrected chi connectivity index (χ3v) is 2.66. The zero-order valence-corrected chi connectivity index (χ0v) is 11.8. The van der Waals surface area contributed by atoms with Crippen LogP contribution in [0.3, 0.4) is 0 Å². The van der Waals surface area contributed by atoms with Crippen LogP contribution in [0.25, 0.3) is 0 Å². The van der Waals surface area contributed by atoms with Crippen LogP contribution in [0.4, 0.5) is 11.9 Å². The lowest BCUT2D eigenvalue weighted by molar-refractivity contribution is 0.132. The first-order valence-corrected chi connectivity index (χ1v) is 6.20. The minimum Gasteiger partial charge on any atom is -0.463 e. The van der Waals surface area contributed by atoms with Crippen molar-refractivity contribution >= 4 is 11.9 Å². The maximum atomic E-state index is 9.67. The van der Waals surface area contributed by atoms with Crippen LogP contribution in [-0.4, -0.2) is 38.3 Å². The number of hydrazine groups is 1. The second kappa shape index (κ2) is 6.48. The van der Waals surface area contributed by atoms with Crippen LogP contribution in [0.1, 0.15) is 34.1 Å². The Kier molecular flexibility index (Phi) is 5.25. The van der Waals surface area contributed by atoms with Crippen molar-refractivity contribution in [3.63, 3.8) is 0 Å². The van der Waals surface area contributed by atoms with E-state index < -0.39 is 11.6 Å². The normalized spacial score (nSPS) is 12.9. The molecule has 1 aromatic heterocycles. The number of hydrogen-bond donors (Lipinski definition) is 4. The van der Waals surface area contributed by atoms with Crippen molar-refractivity contribution in [1.29, 1.82) is 0 Å². The summed E-state index contributed by atoms with van der Waals surface area (Å²) in [6.45, 7) is 7.85. The highest BCUT2D eigenvalue weighted by Gasteiger charge is 2.25. The number of ether oxygens (including phenoxy) is 1. The molecule has 0 saturated heterocycles. The summed E-state index contributed by atoms with van der Waals surface area (Å²) in [6.07, 6.45) is 0.262. The number of aromatic nitrogens is 3. The predicted molar refractivity (Wildman–Crippen MR) is 72.8 cm³/mol. The molecule has 0 aliphatic rings. The number of aliphatic hydroxyl groups is 1. The largest absolute Gasteiger partial charge is 0.463 e. The quantitative estimate of drug-likeness (QED) is 0.418. The van der Waals surface area contributed by atoms with E-state index in [4.69, 9.17) is 10.6 Å². The zero-order chi connectivity index (χ0) is 14.5. The molecular weight excluding hydrogens is 248 g/mol. The molecule has 1 aromatic rings. The van der Waals surface area contributed by atoms with E-state index in [1.165, 1.54) is 0 Å². The fourth-order valence-corrected chi connectivity index (χ4v) is 1.13. The number of aliphatic hydroxyl groups excluding tert-OH is 1. The topological polar surface area (TPSA) is 118 Å². The fourth-order valence-electron chi connectivity index (χ4n) is 1.13. The molecule has 5 N–H and O–H groups in total. The summed E-state index contributed by atoms with van der Waals surface area (Å²) in [5.41, 5.74) is 1.77. The van der Waals surface area contributed by atoms with Gasteiger partial charge in [0.25, 0.3) is 0 Å². The van der Waals surface area contributed by atoms with Crippen LogP contribution in [-0.2, 0) is 0 Å². The maximum absolute atomic E-state index is 9.67. The van der Waals surface area contributed by atoms with Gasteiger partial charge in [-0.3, -0.25) is 5.43 Å². The minimum absolute atomic E-state index is 0.189. The molecule has 0 amide bonds. The second-order valence-corrected chi connectivity index (χ2v) is 4.78. The molecule has 0 aromatic carbocycles. The zero-order valence-electron chi connectivity index (χ0n) is 11.8. The molecule has 108 valence electrons. The standard InChI is InChI=1S/C11H22N6O2/c1-5-6-19-10-14-8(13-9(15-10)17-12)16-11(3,4)7(2)18/h7,18H,5-6,12H2,1-4H3,(H2,13,14,15,16,17). The smallest absolute Gasteiger partial charge is 0.323 e.